The summed E-state index contributed by atoms with van der Waals surface area (Å²) in [6.07, 6.45) is 2.74. The van der Waals surface area contributed by atoms with Gasteiger partial charge in [-0.25, -0.2) is 0 Å². The predicted molar refractivity (Wildman–Crippen MR) is 79.0 cm³/mol. The van der Waals surface area contributed by atoms with Gasteiger partial charge in [-0.3, -0.25) is 9.59 Å². The maximum absolute atomic E-state index is 12.4. The smallest absolute Gasteiger partial charge is 0.316 e. The summed E-state index contributed by atoms with van der Waals surface area (Å²) in [5, 5.41) is 11.7. The van der Waals surface area contributed by atoms with E-state index in [2.05, 4.69) is 11.4 Å². The molecule has 1 atom stereocenters. The molecular formula is C16H20N2O3. The maximum Gasteiger partial charge on any atom is 0.316 e. The minimum atomic E-state index is -0.636. The minimum Gasteiger partial charge on any atom is -0.394 e. The van der Waals surface area contributed by atoms with E-state index in [1.807, 2.05) is 25.1 Å². The van der Waals surface area contributed by atoms with Crippen LogP contribution in [0.1, 0.15) is 31.7 Å². The number of benzene rings is 1. The Morgan fingerprint density at radius 2 is 2.10 bits per heavy atom. The molecule has 1 heterocycles. The topological polar surface area (TPSA) is 69.6 Å². The molecule has 1 aliphatic carbocycles. The van der Waals surface area contributed by atoms with Gasteiger partial charge in [0.05, 0.1) is 12.6 Å². The lowest BCUT2D eigenvalue weighted by molar-refractivity contribution is -0.138. The van der Waals surface area contributed by atoms with Gasteiger partial charge in [-0.1, -0.05) is 25.1 Å². The molecule has 0 aromatic heterocycles. The van der Waals surface area contributed by atoms with Gasteiger partial charge in [-0.2, -0.15) is 0 Å². The van der Waals surface area contributed by atoms with Crippen molar-refractivity contribution >= 4 is 17.5 Å². The molecule has 1 aromatic rings. The molecule has 0 saturated heterocycles. The van der Waals surface area contributed by atoms with E-state index in [1.165, 1.54) is 5.56 Å². The molecule has 0 bridgehead atoms. The number of carbonyl (C=O) groups excluding carboxylic acids is 2. The molecule has 2 aliphatic rings. The molecule has 1 aromatic carbocycles. The van der Waals surface area contributed by atoms with Crippen LogP contribution in [0.15, 0.2) is 24.3 Å². The molecule has 1 aliphatic heterocycles. The molecule has 1 spiro atoms. The van der Waals surface area contributed by atoms with E-state index in [-0.39, 0.29) is 18.1 Å². The van der Waals surface area contributed by atoms with Gasteiger partial charge in [0.1, 0.15) is 0 Å². The largest absolute Gasteiger partial charge is 0.394 e. The summed E-state index contributed by atoms with van der Waals surface area (Å²) in [5.74, 6) is -1.17. The highest BCUT2D eigenvalue weighted by Crippen LogP contribution is 2.56. The van der Waals surface area contributed by atoms with Crippen molar-refractivity contribution in [3.63, 3.8) is 0 Å². The van der Waals surface area contributed by atoms with E-state index in [4.69, 9.17) is 5.11 Å². The quantitative estimate of drug-likeness (QED) is 0.814. The van der Waals surface area contributed by atoms with Crippen molar-refractivity contribution in [3.8, 4) is 0 Å². The van der Waals surface area contributed by atoms with Crippen LogP contribution in [-0.4, -0.2) is 36.1 Å². The predicted octanol–water partition coefficient (Wildman–Crippen LogP) is 0.952. The Hall–Kier alpha value is -1.88. The Kier molecular flexibility index (Phi) is 3.45. The number of amides is 2. The summed E-state index contributed by atoms with van der Waals surface area (Å²) in [7, 11) is 0. The van der Waals surface area contributed by atoms with Crippen molar-refractivity contribution in [1.82, 2.24) is 5.32 Å². The van der Waals surface area contributed by atoms with Gasteiger partial charge in [0, 0.05) is 17.6 Å². The average molecular weight is 288 g/mol. The summed E-state index contributed by atoms with van der Waals surface area (Å²) in [6, 6.07) is 7.45. The SMILES string of the molecule is CCC(CO)NC(=O)C(=O)N1CC2(CC2)c2ccccc21. The second kappa shape index (κ2) is 5.15. The molecule has 21 heavy (non-hydrogen) atoms. The first-order valence-electron chi connectivity index (χ1n) is 7.44. The molecular weight excluding hydrogens is 268 g/mol. The van der Waals surface area contributed by atoms with Crippen molar-refractivity contribution < 1.29 is 14.7 Å². The number of aliphatic hydroxyl groups excluding tert-OH is 1. The third-order valence-corrected chi connectivity index (χ3v) is 4.57. The molecule has 5 nitrogen and oxygen atoms in total. The monoisotopic (exact) mass is 288 g/mol. The number of carbonyl (C=O) groups is 2. The first kappa shape index (κ1) is 14.1. The zero-order chi connectivity index (χ0) is 15.0. The van der Waals surface area contributed by atoms with Crippen molar-refractivity contribution in [3.05, 3.63) is 29.8 Å². The molecule has 3 rings (SSSR count). The highest BCUT2D eigenvalue weighted by molar-refractivity contribution is 6.40. The summed E-state index contributed by atoms with van der Waals surface area (Å²) in [6.45, 7) is 2.29. The lowest BCUT2D eigenvalue weighted by Crippen LogP contribution is -2.47. The van der Waals surface area contributed by atoms with Gasteiger partial charge in [0.25, 0.3) is 0 Å². The van der Waals surface area contributed by atoms with Crippen LogP contribution in [0.5, 0.6) is 0 Å². The fourth-order valence-corrected chi connectivity index (χ4v) is 3.04. The van der Waals surface area contributed by atoms with Gasteiger partial charge in [0.15, 0.2) is 0 Å². The zero-order valence-electron chi connectivity index (χ0n) is 12.1. The van der Waals surface area contributed by atoms with Crippen LogP contribution >= 0.6 is 0 Å². The third-order valence-electron chi connectivity index (χ3n) is 4.57. The Bertz CT molecular complexity index is 577. The van der Waals surface area contributed by atoms with Crippen molar-refractivity contribution in [2.75, 3.05) is 18.1 Å². The molecule has 112 valence electrons. The second-order valence-electron chi connectivity index (χ2n) is 5.95. The van der Waals surface area contributed by atoms with E-state index in [0.717, 1.165) is 18.5 Å². The fourth-order valence-electron chi connectivity index (χ4n) is 3.04. The van der Waals surface area contributed by atoms with E-state index >= 15 is 0 Å². The number of nitrogens with one attached hydrogen (secondary N) is 1. The van der Waals surface area contributed by atoms with E-state index in [0.29, 0.717) is 13.0 Å². The molecule has 2 amide bonds. The summed E-state index contributed by atoms with van der Waals surface area (Å²) in [5.41, 5.74) is 2.11. The van der Waals surface area contributed by atoms with Gasteiger partial charge >= 0.3 is 11.8 Å². The van der Waals surface area contributed by atoms with Gasteiger partial charge < -0.3 is 15.3 Å². The number of anilines is 1. The summed E-state index contributed by atoms with van der Waals surface area (Å²) >= 11 is 0. The first-order chi connectivity index (χ1) is 10.1. The normalized spacial score (nSPS) is 19.2. The van der Waals surface area contributed by atoms with E-state index in [9.17, 15) is 9.59 Å². The lowest BCUT2D eigenvalue weighted by atomic mass is 9.99. The third kappa shape index (κ3) is 2.31. The number of fused-ring (bicyclic) bond motifs is 2. The Morgan fingerprint density at radius 1 is 1.38 bits per heavy atom. The van der Waals surface area contributed by atoms with Crippen LogP contribution in [0.4, 0.5) is 5.69 Å². The van der Waals surface area contributed by atoms with Gasteiger partial charge in [-0.05, 0) is 30.9 Å². The molecule has 2 N–H and O–H groups in total. The van der Waals surface area contributed by atoms with Crippen LogP contribution in [0.2, 0.25) is 0 Å². The van der Waals surface area contributed by atoms with Crippen molar-refractivity contribution in [1.29, 1.82) is 0 Å². The number of hydrogen-bond donors (Lipinski definition) is 2. The number of nitrogens with zero attached hydrogens (tertiary/aromatic N) is 1. The molecule has 5 heteroatoms. The lowest BCUT2D eigenvalue weighted by Gasteiger charge is -2.19. The Morgan fingerprint density at radius 3 is 2.71 bits per heavy atom. The maximum atomic E-state index is 12.4. The molecule has 1 fully saturated rings. The first-order valence-corrected chi connectivity index (χ1v) is 7.44. The minimum absolute atomic E-state index is 0.0771. The van der Waals surface area contributed by atoms with Crippen molar-refractivity contribution in [2.24, 2.45) is 0 Å². The van der Waals surface area contributed by atoms with Crippen molar-refractivity contribution in [2.45, 2.75) is 37.6 Å². The number of para-hydroxylation sites is 1. The van der Waals surface area contributed by atoms with Crippen LogP contribution in [-0.2, 0) is 15.0 Å². The van der Waals surface area contributed by atoms with Crippen LogP contribution < -0.4 is 10.2 Å². The van der Waals surface area contributed by atoms with Crippen LogP contribution in [0.25, 0.3) is 0 Å². The highest BCUT2D eigenvalue weighted by atomic mass is 16.3. The standard InChI is InChI=1S/C16H20N2O3/c1-2-11(9-19)17-14(20)15(21)18-10-16(7-8-16)12-5-3-4-6-13(12)18/h3-6,11,19H,2,7-10H2,1H3,(H,17,20). The number of rotatable bonds is 3. The Labute approximate surface area is 123 Å². The van der Waals surface area contributed by atoms with Gasteiger partial charge in [-0.15, -0.1) is 0 Å². The zero-order valence-corrected chi connectivity index (χ0v) is 12.1. The van der Waals surface area contributed by atoms with E-state index < -0.39 is 11.8 Å². The van der Waals surface area contributed by atoms with E-state index in [1.54, 1.807) is 4.90 Å². The Balaban J connectivity index is 1.79. The number of aliphatic hydroxyl groups is 1. The molecule has 1 saturated carbocycles. The fraction of sp³-hybridized carbons (Fsp3) is 0.500. The average Bonchev–Trinajstić information content (AvgIpc) is 3.22. The summed E-state index contributed by atoms with van der Waals surface area (Å²) < 4.78 is 0. The van der Waals surface area contributed by atoms with Crippen LogP contribution in [0, 0.1) is 0 Å². The highest BCUT2D eigenvalue weighted by Gasteiger charge is 2.53. The molecule has 0 radical (unpaired) electrons. The molecule has 1 unspecified atom stereocenters. The second-order valence-corrected chi connectivity index (χ2v) is 5.95. The van der Waals surface area contributed by atoms with Crippen LogP contribution in [0.3, 0.4) is 0 Å². The summed E-state index contributed by atoms with van der Waals surface area (Å²) in [4.78, 5) is 26.1. The number of hydrogen-bond acceptors (Lipinski definition) is 3. The van der Waals surface area contributed by atoms with Gasteiger partial charge in [0.2, 0.25) is 0 Å².